The second kappa shape index (κ2) is 69.3. The van der Waals surface area contributed by atoms with Crippen LogP contribution in [0.2, 0.25) is 0 Å². The largest absolute Gasteiger partial charge is 0.0776 e. The quantitative estimate of drug-likeness (QED) is 0.335. The molecule has 0 fully saturated rings. The molecule has 0 atom stereocenters. The van der Waals surface area contributed by atoms with Crippen molar-refractivity contribution in [1.29, 1.82) is 0 Å². The molecule has 0 saturated heterocycles. The van der Waals surface area contributed by atoms with Crippen molar-refractivity contribution in [1.82, 2.24) is 0 Å². The molecule has 10 heteroatoms. The standard InChI is InChI=1S/CH4.10Y/h1H4;;;;;;;;;;/i1D4;;;;;;;;;;. The molecule has 10 radical (unpaired) electrons. The van der Waals surface area contributed by atoms with Gasteiger partial charge in [0.15, 0.2) is 0 Å². The fourth-order valence-corrected chi connectivity index (χ4v) is 0. The zero-order valence-electron chi connectivity index (χ0n) is 10.3. The van der Waals surface area contributed by atoms with Gasteiger partial charge in [-0.2, -0.15) is 0 Å². The van der Waals surface area contributed by atoms with Crippen LogP contribution in [0.5, 0.6) is 0 Å². The van der Waals surface area contributed by atoms with E-state index in [4.69, 9.17) is 5.48 Å². The Bertz CT molecular complexity index is 32.9. The predicted octanol–water partition coefficient (Wildman–Crippen LogP) is 0.611. The molecule has 0 amide bonds. The molecule has 0 bridgehead atoms. The van der Waals surface area contributed by atoms with Gasteiger partial charge in [0.2, 0.25) is 0 Å². The first kappa shape index (κ1) is 43.1. The molecule has 0 aromatic heterocycles. The summed E-state index contributed by atoms with van der Waals surface area (Å²) < 4.78 is 23.8. The molecule has 0 aromatic rings. The Labute approximate surface area is 328 Å². The van der Waals surface area contributed by atoms with Gasteiger partial charge in [0.25, 0.3) is 0 Å². The molecule has 0 nitrogen and oxygen atoms in total. The van der Waals surface area contributed by atoms with E-state index in [-0.39, 0.29) is 327 Å². The average molecular weight is 909 g/mol. The van der Waals surface area contributed by atoms with Crippen LogP contribution in [-0.2, 0) is 327 Å². The molecule has 0 N–H and O–H groups in total. The second-order valence-corrected chi connectivity index (χ2v) is 0. The number of hydrogen-bond donors (Lipinski definition) is 0. The van der Waals surface area contributed by atoms with Gasteiger partial charge in [0.05, 0.1) is 0 Å². The van der Waals surface area contributed by atoms with Crippen LogP contribution in [0.25, 0.3) is 0 Å². The molecule has 0 heterocycles. The molecule has 38 valence electrons. The van der Waals surface area contributed by atoms with Crippen LogP contribution >= 0.6 is 0 Å². The summed E-state index contributed by atoms with van der Waals surface area (Å²) in [7, 11) is -2.50. The zero-order chi connectivity index (χ0) is 4.50. The first-order valence-electron chi connectivity index (χ1n) is 2.00. The van der Waals surface area contributed by atoms with Gasteiger partial charge >= 0.3 is 0 Å². The van der Waals surface area contributed by atoms with E-state index in [1.807, 2.05) is 0 Å². The Balaban J connectivity index is -0.00000000178. The minimum atomic E-state index is -2.50. The van der Waals surface area contributed by atoms with Gasteiger partial charge in [-0.1, -0.05) is 7.33 Å². The van der Waals surface area contributed by atoms with Crippen molar-refractivity contribution in [2.45, 2.75) is 7.33 Å². The predicted molar refractivity (Wildman–Crippen MR) is 6.73 cm³/mol. The van der Waals surface area contributed by atoms with Gasteiger partial charge in [-0.05, 0) is 0 Å². The minimum absolute atomic E-state index is 0. The molecule has 0 aromatic carbocycles. The van der Waals surface area contributed by atoms with Crippen molar-refractivity contribution < 1.29 is 333 Å². The van der Waals surface area contributed by atoms with Crippen molar-refractivity contribution >= 4 is 0 Å². The molecule has 0 aliphatic heterocycles. The molecular weight excluding hydrogens is 901 g/mol. The van der Waals surface area contributed by atoms with Crippen molar-refractivity contribution in [3.8, 4) is 0 Å². The topological polar surface area (TPSA) is 0 Å². The maximum absolute atomic E-state index is 5.94. The van der Waals surface area contributed by atoms with E-state index in [0.29, 0.717) is 0 Å². The van der Waals surface area contributed by atoms with Crippen molar-refractivity contribution in [2.24, 2.45) is 0 Å². The normalized spacial score (nSPS) is 5.82. The first-order chi connectivity index (χ1) is 2.00. The third-order valence-corrected chi connectivity index (χ3v) is 0. The van der Waals surface area contributed by atoms with Crippen LogP contribution in [0, 0.1) is 0 Å². The van der Waals surface area contributed by atoms with Crippen molar-refractivity contribution in [3.05, 3.63) is 0 Å². The Kier molecular flexibility index (Phi) is 272. The molecule has 0 spiro atoms. The third kappa shape index (κ3) is 62.6. The molecule has 0 rings (SSSR count). The summed E-state index contributed by atoms with van der Waals surface area (Å²) in [6.45, 7) is 0. The Morgan fingerprint density at radius 1 is 0.455 bits per heavy atom. The van der Waals surface area contributed by atoms with Crippen LogP contribution in [0.3, 0.4) is 0 Å². The molecule has 0 aliphatic carbocycles. The van der Waals surface area contributed by atoms with Gasteiger partial charge < -0.3 is 0 Å². The van der Waals surface area contributed by atoms with Gasteiger partial charge in [-0.3, -0.25) is 0 Å². The summed E-state index contributed by atoms with van der Waals surface area (Å²) >= 11 is 0. The monoisotopic (exact) mass is 909 g/mol. The van der Waals surface area contributed by atoms with Crippen LogP contribution < -0.4 is 0 Å². The van der Waals surface area contributed by atoms with E-state index in [2.05, 4.69) is 0 Å². The molecular formula is CH4Y10. The van der Waals surface area contributed by atoms with E-state index in [1.165, 1.54) is 0 Å². The zero-order valence-corrected chi connectivity index (χ0v) is 34.7. The van der Waals surface area contributed by atoms with E-state index >= 15 is 0 Å². The van der Waals surface area contributed by atoms with Gasteiger partial charge in [0, 0.05) is 333 Å². The SMILES string of the molecule is [2H]C([2H])([2H])[2H].[Y].[Y].[Y].[Y].[Y].[Y].[Y].[Y].[Y].[Y]. The van der Waals surface area contributed by atoms with Gasteiger partial charge in [0.1, 0.15) is 0 Å². The fraction of sp³-hybridized carbons (Fsp3) is 1.00. The van der Waals surface area contributed by atoms with E-state index < -0.39 is 7.33 Å². The van der Waals surface area contributed by atoms with Crippen molar-refractivity contribution in [2.75, 3.05) is 0 Å². The first-order valence-corrected chi connectivity index (χ1v) is 0. The summed E-state index contributed by atoms with van der Waals surface area (Å²) in [5.41, 5.74) is 0. The summed E-state index contributed by atoms with van der Waals surface area (Å²) in [5, 5.41) is 0. The van der Waals surface area contributed by atoms with E-state index in [9.17, 15) is 0 Å². The maximum atomic E-state index is 5.94. The van der Waals surface area contributed by atoms with Crippen LogP contribution in [-0.4, -0.2) is 0 Å². The maximum Gasteiger partial charge on any atom is 0.0194 e. The molecule has 11 heavy (non-hydrogen) atoms. The smallest absolute Gasteiger partial charge is 0.0194 e. The summed E-state index contributed by atoms with van der Waals surface area (Å²) in [6, 6.07) is 0. The fourth-order valence-electron chi connectivity index (χ4n) is 0. The Hall–Kier alpha value is 11.0. The number of rotatable bonds is 0. The number of hydrogen-bond acceptors (Lipinski definition) is 0. The van der Waals surface area contributed by atoms with E-state index in [0.717, 1.165) is 0 Å². The Morgan fingerprint density at radius 2 is 0.455 bits per heavy atom. The summed E-state index contributed by atoms with van der Waals surface area (Å²) in [4.78, 5) is 0. The molecule has 0 unspecified atom stereocenters. The molecule has 0 saturated carbocycles. The van der Waals surface area contributed by atoms with E-state index in [1.54, 1.807) is 0 Å². The van der Waals surface area contributed by atoms with Crippen molar-refractivity contribution in [3.63, 3.8) is 0 Å². The Morgan fingerprint density at radius 3 is 0.455 bits per heavy atom. The van der Waals surface area contributed by atoms with Gasteiger partial charge in [-0.15, -0.1) is 0 Å². The van der Waals surface area contributed by atoms with Gasteiger partial charge in [-0.25, -0.2) is 0 Å². The molecule has 0 aliphatic rings. The summed E-state index contributed by atoms with van der Waals surface area (Å²) in [6.07, 6.45) is 0. The minimum Gasteiger partial charge on any atom is -0.0776 e. The average Bonchev–Trinajstić information content (AvgIpc) is 0.722. The third-order valence-electron chi connectivity index (χ3n) is 0. The summed E-state index contributed by atoms with van der Waals surface area (Å²) in [5.74, 6) is 0. The van der Waals surface area contributed by atoms with Crippen LogP contribution in [0.4, 0.5) is 0 Å². The van der Waals surface area contributed by atoms with Crippen LogP contribution in [0.1, 0.15) is 12.8 Å². The van der Waals surface area contributed by atoms with Crippen LogP contribution in [0.15, 0.2) is 0 Å². The second-order valence-electron chi connectivity index (χ2n) is 0.